The van der Waals surface area contributed by atoms with Crippen molar-refractivity contribution in [2.24, 2.45) is 0 Å². The summed E-state index contributed by atoms with van der Waals surface area (Å²) >= 11 is 0. The highest BCUT2D eigenvalue weighted by Gasteiger charge is 2.21. The molecule has 1 unspecified atom stereocenters. The van der Waals surface area contributed by atoms with Gasteiger partial charge in [-0.05, 0) is 23.6 Å². The van der Waals surface area contributed by atoms with Crippen LogP contribution in [0.5, 0.6) is 17.2 Å². The molecule has 0 aliphatic rings. The summed E-state index contributed by atoms with van der Waals surface area (Å²) in [6.07, 6.45) is 0.603. The molecule has 0 bridgehead atoms. The average Bonchev–Trinajstić information content (AvgIpc) is 2.71. The second-order valence-corrected chi connectivity index (χ2v) is 6.10. The van der Waals surface area contributed by atoms with Crippen LogP contribution in [0.3, 0.4) is 0 Å². The number of amides is 1. The number of carboxylic acid groups (broad SMARTS) is 1. The second-order valence-electron chi connectivity index (χ2n) is 6.10. The van der Waals surface area contributed by atoms with Crippen molar-refractivity contribution in [1.29, 1.82) is 0 Å². The summed E-state index contributed by atoms with van der Waals surface area (Å²) in [5, 5.41) is 12.1. The minimum absolute atomic E-state index is 0.0290. The van der Waals surface area contributed by atoms with Gasteiger partial charge in [0.2, 0.25) is 11.7 Å². The molecule has 2 N–H and O–H groups in total. The lowest BCUT2D eigenvalue weighted by Gasteiger charge is -2.16. The molecule has 0 saturated carbocycles. The minimum atomic E-state index is -0.979. The molecule has 28 heavy (non-hydrogen) atoms. The third-order valence-electron chi connectivity index (χ3n) is 4.41. The van der Waals surface area contributed by atoms with Crippen LogP contribution in [0.2, 0.25) is 0 Å². The molecule has 0 aromatic heterocycles. The largest absolute Gasteiger partial charge is 0.493 e. The van der Waals surface area contributed by atoms with Crippen LogP contribution < -0.4 is 19.5 Å². The van der Waals surface area contributed by atoms with Crippen molar-refractivity contribution in [3.05, 3.63) is 53.6 Å². The highest BCUT2D eigenvalue weighted by molar-refractivity contribution is 5.80. The van der Waals surface area contributed by atoms with Crippen LogP contribution in [0.1, 0.15) is 23.5 Å². The first-order chi connectivity index (χ1) is 13.5. The van der Waals surface area contributed by atoms with Crippen LogP contribution in [0, 0.1) is 0 Å². The first-order valence-corrected chi connectivity index (χ1v) is 8.84. The fourth-order valence-electron chi connectivity index (χ4n) is 2.95. The number of ether oxygens (including phenoxy) is 3. The van der Waals surface area contributed by atoms with Crippen LogP contribution in [0.25, 0.3) is 0 Å². The zero-order chi connectivity index (χ0) is 20.5. The van der Waals surface area contributed by atoms with E-state index in [9.17, 15) is 14.7 Å². The molecule has 7 nitrogen and oxygen atoms in total. The average molecular weight is 387 g/mol. The lowest BCUT2D eigenvalue weighted by molar-refractivity contribution is -0.138. The van der Waals surface area contributed by atoms with E-state index >= 15 is 0 Å². The SMILES string of the molecule is COc1ccc(CCC(=O)NCC(C(=O)O)c2ccccc2)c(OC)c1OC. The van der Waals surface area contributed by atoms with Crippen molar-refractivity contribution in [3.63, 3.8) is 0 Å². The Morgan fingerprint density at radius 2 is 1.64 bits per heavy atom. The molecule has 0 radical (unpaired) electrons. The van der Waals surface area contributed by atoms with Crippen molar-refractivity contribution in [1.82, 2.24) is 5.32 Å². The number of benzene rings is 2. The van der Waals surface area contributed by atoms with Crippen LogP contribution in [-0.4, -0.2) is 44.9 Å². The summed E-state index contributed by atoms with van der Waals surface area (Å²) in [6, 6.07) is 12.4. The van der Waals surface area contributed by atoms with E-state index in [2.05, 4.69) is 5.32 Å². The van der Waals surface area contributed by atoms with Gasteiger partial charge in [0.1, 0.15) is 0 Å². The number of hydrogen-bond acceptors (Lipinski definition) is 5. The van der Waals surface area contributed by atoms with Crippen molar-refractivity contribution < 1.29 is 28.9 Å². The number of aryl methyl sites for hydroxylation is 1. The van der Waals surface area contributed by atoms with Crippen LogP contribution in [0.15, 0.2) is 42.5 Å². The Balaban J connectivity index is 2.00. The van der Waals surface area contributed by atoms with Crippen molar-refractivity contribution in [2.45, 2.75) is 18.8 Å². The quantitative estimate of drug-likeness (QED) is 0.651. The standard InChI is InChI=1S/C21H25NO6/c1-26-17-11-9-15(19(27-2)20(17)28-3)10-12-18(23)22-13-16(21(24)25)14-7-5-4-6-8-14/h4-9,11,16H,10,12-13H2,1-3H3,(H,22,23)(H,24,25). The van der Waals surface area contributed by atoms with E-state index in [4.69, 9.17) is 14.2 Å². The number of carboxylic acids is 1. The maximum atomic E-state index is 12.3. The van der Waals surface area contributed by atoms with Crippen LogP contribution in [-0.2, 0) is 16.0 Å². The van der Waals surface area contributed by atoms with Gasteiger partial charge in [0.25, 0.3) is 0 Å². The number of nitrogens with one attached hydrogen (secondary N) is 1. The van der Waals surface area contributed by atoms with Gasteiger partial charge in [0.05, 0.1) is 27.2 Å². The third-order valence-corrected chi connectivity index (χ3v) is 4.41. The Kier molecular flexibility index (Phi) is 7.68. The maximum absolute atomic E-state index is 12.3. The lowest BCUT2D eigenvalue weighted by Crippen LogP contribution is -2.31. The van der Waals surface area contributed by atoms with Gasteiger partial charge in [-0.1, -0.05) is 36.4 Å². The molecule has 0 saturated heterocycles. The zero-order valence-corrected chi connectivity index (χ0v) is 16.2. The predicted molar refractivity (Wildman–Crippen MR) is 104 cm³/mol. The Morgan fingerprint density at radius 1 is 0.964 bits per heavy atom. The third kappa shape index (κ3) is 5.16. The molecular weight excluding hydrogens is 362 g/mol. The van der Waals surface area contributed by atoms with Crippen molar-refractivity contribution in [3.8, 4) is 17.2 Å². The van der Waals surface area contributed by atoms with Crippen molar-refractivity contribution >= 4 is 11.9 Å². The number of aliphatic carboxylic acids is 1. The molecule has 2 rings (SSSR count). The minimum Gasteiger partial charge on any atom is -0.493 e. The molecule has 7 heteroatoms. The van der Waals surface area contributed by atoms with E-state index < -0.39 is 11.9 Å². The molecule has 150 valence electrons. The van der Waals surface area contributed by atoms with E-state index in [-0.39, 0.29) is 18.9 Å². The van der Waals surface area contributed by atoms with Gasteiger partial charge < -0.3 is 24.6 Å². The number of rotatable bonds is 10. The molecule has 2 aromatic rings. The van der Waals surface area contributed by atoms with Gasteiger partial charge in [0.15, 0.2) is 11.5 Å². The maximum Gasteiger partial charge on any atom is 0.312 e. The molecule has 0 spiro atoms. The zero-order valence-electron chi connectivity index (χ0n) is 16.2. The van der Waals surface area contributed by atoms with E-state index in [0.717, 1.165) is 5.56 Å². The number of carbonyl (C=O) groups is 2. The Morgan fingerprint density at radius 3 is 2.21 bits per heavy atom. The van der Waals surface area contributed by atoms with E-state index in [1.807, 2.05) is 12.1 Å². The smallest absolute Gasteiger partial charge is 0.312 e. The molecule has 0 aliphatic heterocycles. The lowest BCUT2D eigenvalue weighted by atomic mass is 9.99. The fraction of sp³-hybridized carbons (Fsp3) is 0.333. The molecule has 0 fully saturated rings. The summed E-state index contributed by atoms with van der Waals surface area (Å²) in [5.41, 5.74) is 1.45. The molecule has 2 aromatic carbocycles. The summed E-state index contributed by atoms with van der Waals surface area (Å²) in [5.74, 6) is -0.479. The van der Waals surface area contributed by atoms with Crippen LogP contribution in [0.4, 0.5) is 0 Å². The second kappa shape index (κ2) is 10.2. The summed E-state index contributed by atoms with van der Waals surface area (Å²) < 4.78 is 16.0. The van der Waals surface area contributed by atoms with Crippen LogP contribution >= 0.6 is 0 Å². The summed E-state index contributed by atoms with van der Waals surface area (Å²) in [6.45, 7) is 0.0290. The highest BCUT2D eigenvalue weighted by atomic mass is 16.5. The first kappa shape index (κ1) is 21.1. The fourth-order valence-corrected chi connectivity index (χ4v) is 2.95. The molecule has 1 amide bonds. The normalized spacial score (nSPS) is 11.4. The van der Waals surface area contributed by atoms with Gasteiger partial charge in [0, 0.05) is 13.0 Å². The number of carbonyl (C=O) groups excluding carboxylic acids is 1. The Labute approximate surface area is 164 Å². The number of methoxy groups -OCH3 is 3. The molecule has 0 aliphatic carbocycles. The topological polar surface area (TPSA) is 94.1 Å². The van der Waals surface area contributed by atoms with Gasteiger partial charge in [-0.25, -0.2) is 0 Å². The number of hydrogen-bond donors (Lipinski definition) is 2. The van der Waals surface area contributed by atoms with E-state index in [1.165, 1.54) is 21.3 Å². The van der Waals surface area contributed by atoms with E-state index in [1.54, 1.807) is 30.3 Å². The highest BCUT2D eigenvalue weighted by Crippen LogP contribution is 2.40. The van der Waals surface area contributed by atoms with Gasteiger partial charge >= 0.3 is 5.97 Å². The summed E-state index contributed by atoms with van der Waals surface area (Å²) in [4.78, 5) is 23.8. The Bertz CT molecular complexity index is 806. The molecule has 1 atom stereocenters. The van der Waals surface area contributed by atoms with Gasteiger partial charge in [-0.2, -0.15) is 0 Å². The first-order valence-electron chi connectivity index (χ1n) is 8.84. The Hall–Kier alpha value is -3.22. The van der Waals surface area contributed by atoms with Gasteiger partial charge in [-0.15, -0.1) is 0 Å². The van der Waals surface area contributed by atoms with E-state index in [0.29, 0.717) is 29.2 Å². The molecular formula is C21H25NO6. The van der Waals surface area contributed by atoms with Crippen molar-refractivity contribution in [2.75, 3.05) is 27.9 Å². The predicted octanol–water partition coefficient (Wildman–Crippen LogP) is 2.63. The summed E-state index contributed by atoms with van der Waals surface area (Å²) in [7, 11) is 4.58. The monoisotopic (exact) mass is 387 g/mol. The van der Waals surface area contributed by atoms with Gasteiger partial charge in [-0.3, -0.25) is 9.59 Å². The molecule has 0 heterocycles.